The maximum Gasteiger partial charge on any atom is 0.309 e. The summed E-state index contributed by atoms with van der Waals surface area (Å²) in [4.78, 5) is 40.4. The molecule has 0 radical (unpaired) electrons. The van der Waals surface area contributed by atoms with Crippen LogP contribution in [0.3, 0.4) is 0 Å². The first-order valence-electron chi connectivity index (χ1n) is 11.5. The summed E-state index contributed by atoms with van der Waals surface area (Å²) in [7, 11) is -0.994. The van der Waals surface area contributed by atoms with Gasteiger partial charge in [0.05, 0.1) is 26.2 Å². The molecule has 0 atom stereocenters. The van der Waals surface area contributed by atoms with E-state index in [-0.39, 0.29) is 53.6 Å². The Labute approximate surface area is 201 Å². The second kappa shape index (κ2) is 12.2. The first kappa shape index (κ1) is 27.6. The molecule has 0 aromatic heterocycles. The number of ether oxygens (including phenoxy) is 2. The van der Waals surface area contributed by atoms with Gasteiger partial charge in [0.15, 0.2) is 0 Å². The predicted molar refractivity (Wildman–Crippen MR) is 126 cm³/mol. The van der Waals surface area contributed by atoms with Gasteiger partial charge in [-0.2, -0.15) is 4.31 Å². The van der Waals surface area contributed by atoms with Crippen LogP contribution in [0.4, 0.5) is 0 Å². The molecule has 10 nitrogen and oxygen atoms in total. The van der Waals surface area contributed by atoms with E-state index in [4.69, 9.17) is 9.47 Å². The van der Waals surface area contributed by atoms with Gasteiger partial charge in [-0.25, -0.2) is 8.42 Å². The molecule has 0 bridgehead atoms. The molecule has 0 N–H and O–H groups in total. The molecule has 1 aliphatic rings. The van der Waals surface area contributed by atoms with Crippen molar-refractivity contribution in [3.8, 4) is 5.75 Å². The normalized spacial score (nSPS) is 14.7. The van der Waals surface area contributed by atoms with Crippen molar-refractivity contribution >= 4 is 27.8 Å². The molecule has 34 heavy (non-hydrogen) atoms. The summed E-state index contributed by atoms with van der Waals surface area (Å²) < 4.78 is 37.7. The number of benzene rings is 1. The Hall–Kier alpha value is -2.66. The molecule has 0 aliphatic carbocycles. The zero-order valence-electron chi connectivity index (χ0n) is 20.6. The number of carbonyl (C=O) groups excluding carboxylic acids is 3. The van der Waals surface area contributed by atoms with Crippen molar-refractivity contribution in [1.29, 1.82) is 0 Å². The lowest BCUT2D eigenvalue weighted by molar-refractivity contribution is -0.151. The van der Waals surface area contributed by atoms with Gasteiger partial charge in [0, 0.05) is 38.8 Å². The van der Waals surface area contributed by atoms with E-state index in [9.17, 15) is 22.8 Å². The standard InChI is InChI=1S/C23H35N3O7S/c1-6-26(7-2)34(30,31)20-15-18(9-10-19(20)32-5)22(28)24(4)16-21(27)25-13-11-17(12-14-25)23(29)33-8-3/h9-10,15,17H,6-8,11-14,16H2,1-5H3. The van der Waals surface area contributed by atoms with Crippen LogP contribution in [0.1, 0.15) is 44.0 Å². The van der Waals surface area contributed by atoms with Gasteiger partial charge in [-0.15, -0.1) is 0 Å². The third kappa shape index (κ3) is 6.26. The molecule has 190 valence electrons. The Morgan fingerprint density at radius 2 is 1.71 bits per heavy atom. The van der Waals surface area contributed by atoms with Crippen molar-refractivity contribution in [2.45, 2.75) is 38.5 Å². The minimum absolute atomic E-state index is 0.0923. The topological polar surface area (TPSA) is 114 Å². The lowest BCUT2D eigenvalue weighted by Gasteiger charge is -2.32. The number of sulfonamides is 1. The number of methoxy groups -OCH3 is 1. The maximum atomic E-state index is 13.0. The Bertz CT molecular complexity index is 984. The van der Waals surface area contributed by atoms with Gasteiger partial charge in [0.1, 0.15) is 10.6 Å². The highest BCUT2D eigenvalue weighted by Gasteiger charge is 2.30. The van der Waals surface area contributed by atoms with Crippen molar-refractivity contribution in [3.63, 3.8) is 0 Å². The zero-order valence-corrected chi connectivity index (χ0v) is 21.4. The largest absolute Gasteiger partial charge is 0.495 e. The molecule has 0 saturated carbocycles. The molecule has 1 heterocycles. The highest BCUT2D eigenvalue weighted by Crippen LogP contribution is 2.28. The predicted octanol–water partition coefficient (Wildman–Crippen LogP) is 1.60. The van der Waals surface area contributed by atoms with E-state index in [1.54, 1.807) is 25.7 Å². The van der Waals surface area contributed by atoms with Crippen LogP contribution in [-0.4, -0.2) is 93.8 Å². The zero-order chi connectivity index (χ0) is 25.5. The summed E-state index contributed by atoms with van der Waals surface area (Å²) in [6.45, 7) is 6.78. The molecule has 11 heteroatoms. The molecule has 1 saturated heterocycles. The third-order valence-electron chi connectivity index (χ3n) is 5.92. The van der Waals surface area contributed by atoms with Crippen LogP contribution in [-0.2, 0) is 24.3 Å². The van der Waals surface area contributed by atoms with E-state index in [0.717, 1.165) is 0 Å². The average Bonchev–Trinajstić information content (AvgIpc) is 2.83. The number of piperidine rings is 1. The van der Waals surface area contributed by atoms with Crippen molar-refractivity contribution in [3.05, 3.63) is 23.8 Å². The number of nitrogens with zero attached hydrogens (tertiary/aromatic N) is 3. The summed E-state index contributed by atoms with van der Waals surface area (Å²) >= 11 is 0. The maximum absolute atomic E-state index is 13.0. The molecule has 0 unspecified atom stereocenters. The number of hydrogen-bond acceptors (Lipinski definition) is 7. The Morgan fingerprint density at radius 3 is 2.24 bits per heavy atom. The van der Waals surface area contributed by atoms with Crippen molar-refractivity contribution in [1.82, 2.24) is 14.1 Å². The monoisotopic (exact) mass is 497 g/mol. The van der Waals surface area contributed by atoms with Crippen LogP contribution < -0.4 is 4.74 Å². The van der Waals surface area contributed by atoms with Crippen LogP contribution in [0.15, 0.2) is 23.1 Å². The molecule has 0 spiro atoms. The summed E-state index contributed by atoms with van der Waals surface area (Å²) in [5, 5.41) is 0. The Kier molecular flexibility index (Phi) is 9.87. The first-order valence-corrected chi connectivity index (χ1v) is 12.9. The summed E-state index contributed by atoms with van der Waals surface area (Å²) in [6.07, 6.45) is 1.04. The minimum Gasteiger partial charge on any atom is -0.495 e. The molecule has 1 aromatic carbocycles. The van der Waals surface area contributed by atoms with Gasteiger partial charge < -0.3 is 19.3 Å². The SMILES string of the molecule is CCOC(=O)C1CCN(C(=O)CN(C)C(=O)c2ccc(OC)c(S(=O)(=O)N(CC)CC)c2)CC1. The number of amides is 2. The van der Waals surface area contributed by atoms with Gasteiger partial charge in [-0.3, -0.25) is 14.4 Å². The summed E-state index contributed by atoms with van der Waals surface area (Å²) in [5.41, 5.74) is 0.142. The van der Waals surface area contributed by atoms with Crippen LogP contribution in [0.5, 0.6) is 5.75 Å². The van der Waals surface area contributed by atoms with E-state index in [0.29, 0.717) is 32.5 Å². The van der Waals surface area contributed by atoms with E-state index in [1.165, 1.54) is 41.6 Å². The number of likely N-dealkylation sites (N-methyl/N-ethyl adjacent to an activating group) is 1. The molecule has 1 fully saturated rings. The number of esters is 1. The molecule has 2 rings (SSSR count). The fourth-order valence-corrected chi connectivity index (χ4v) is 5.57. The first-order chi connectivity index (χ1) is 16.1. The van der Waals surface area contributed by atoms with Gasteiger partial charge in [-0.1, -0.05) is 13.8 Å². The summed E-state index contributed by atoms with van der Waals surface area (Å²) in [5.74, 6) is -1.02. The van der Waals surface area contributed by atoms with Crippen LogP contribution in [0.25, 0.3) is 0 Å². The highest BCUT2D eigenvalue weighted by atomic mass is 32.2. The van der Waals surface area contributed by atoms with E-state index in [2.05, 4.69) is 0 Å². The van der Waals surface area contributed by atoms with Crippen LogP contribution in [0.2, 0.25) is 0 Å². The molecular weight excluding hydrogens is 462 g/mol. The fourth-order valence-electron chi connectivity index (χ4n) is 3.93. The lowest BCUT2D eigenvalue weighted by Crippen LogP contribution is -2.45. The van der Waals surface area contributed by atoms with Crippen molar-refractivity contribution < 1.29 is 32.3 Å². The van der Waals surface area contributed by atoms with E-state index < -0.39 is 15.9 Å². The van der Waals surface area contributed by atoms with Crippen LogP contribution in [0, 0.1) is 5.92 Å². The third-order valence-corrected chi connectivity index (χ3v) is 7.99. The molecule has 2 amide bonds. The van der Waals surface area contributed by atoms with Gasteiger partial charge in [-0.05, 0) is 38.0 Å². The summed E-state index contributed by atoms with van der Waals surface area (Å²) in [6, 6.07) is 4.22. The fraction of sp³-hybridized carbons (Fsp3) is 0.609. The Balaban J connectivity index is 2.11. The smallest absolute Gasteiger partial charge is 0.309 e. The average molecular weight is 498 g/mol. The molecule has 1 aromatic rings. The number of carbonyl (C=O) groups is 3. The second-order valence-corrected chi connectivity index (χ2v) is 9.93. The lowest BCUT2D eigenvalue weighted by atomic mass is 9.97. The highest BCUT2D eigenvalue weighted by molar-refractivity contribution is 7.89. The van der Waals surface area contributed by atoms with Gasteiger partial charge in [0.2, 0.25) is 15.9 Å². The molecular formula is C23H35N3O7S. The quantitative estimate of drug-likeness (QED) is 0.451. The Morgan fingerprint density at radius 1 is 1.09 bits per heavy atom. The van der Waals surface area contributed by atoms with Crippen LogP contribution >= 0.6 is 0 Å². The van der Waals surface area contributed by atoms with E-state index >= 15 is 0 Å². The number of likely N-dealkylation sites (tertiary alicyclic amines) is 1. The van der Waals surface area contributed by atoms with Gasteiger partial charge >= 0.3 is 5.97 Å². The molecule has 1 aliphatic heterocycles. The van der Waals surface area contributed by atoms with E-state index in [1.807, 2.05) is 0 Å². The van der Waals surface area contributed by atoms with Gasteiger partial charge in [0.25, 0.3) is 5.91 Å². The van der Waals surface area contributed by atoms with Crippen molar-refractivity contribution in [2.24, 2.45) is 5.92 Å². The number of rotatable bonds is 10. The number of hydrogen-bond donors (Lipinski definition) is 0. The van der Waals surface area contributed by atoms with Crippen molar-refractivity contribution in [2.75, 3.05) is 53.5 Å². The minimum atomic E-state index is -3.86. The second-order valence-electron chi connectivity index (χ2n) is 8.02.